The summed E-state index contributed by atoms with van der Waals surface area (Å²) in [5.74, 6) is -1.99. The van der Waals surface area contributed by atoms with Gasteiger partial charge in [0.15, 0.2) is 0 Å². The fourth-order valence-electron chi connectivity index (χ4n) is 4.69. The summed E-state index contributed by atoms with van der Waals surface area (Å²) < 4.78 is 36.8. The van der Waals surface area contributed by atoms with Crippen LogP contribution in [0.5, 0.6) is 0 Å². The predicted octanol–water partition coefficient (Wildman–Crippen LogP) is 1.85. The van der Waals surface area contributed by atoms with Crippen LogP contribution in [0, 0.1) is 17.0 Å². The summed E-state index contributed by atoms with van der Waals surface area (Å²) in [6.07, 6.45) is 5.50. The molecule has 1 aromatic carbocycles. The number of benzene rings is 1. The molecule has 2 aromatic rings. The molecular weight excluding hydrogens is 380 g/mol. The maximum Gasteiger partial charge on any atom is 0.227 e. The summed E-state index contributed by atoms with van der Waals surface area (Å²) in [7, 11) is 0. The van der Waals surface area contributed by atoms with Gasteiger partial charge in [-0.05, 0) is 37.0 Å². The van der Waals surface area contributed by atoms with E-state index in [1.807, 2.05) is 0 Å². The zero-order valence-electron chi connectivity index (χ0n) is 16.0. The van der Waals surface area contributed by atoms with Crippen LogP contribution >= 0.6 is 0 Å². The van der Waals surface area contributed by atoms with E-state index >= 15 is 0 Å². The number of rotatable bonds is 4. The fraction of sp³-hybridized carbons (Fsp3) is 0.550. The molecule has 2 atom stereocenters. The number of carbonyl (C=O) groups excluding carboxylic acids is 1. The second kappa shape index (κ2) is 7.05. The van der Waals surface area contributed by atoms with Crippen molar-refractivity contribution in [3.05, 3.63) is 41.7 Å². The Bertz CT molecular complexity index is 883. The number of ether oxygens (including phenoxy) is 1. The number of amides is 1. The number of halogens is 2. The number of nitrogens with one attached hydrogen (secondary N) is 1. The molecule has 5 rings (SSSR count). The third kappa shape index (κ3) is 3.37. The first kappa shape index (κ1) is 18.5. The standard InChI is InChI=1S/C20H23F2N5O2/c21-16-7-13(15-9-14(24-19(15)28)10-27-6-3-23-25-27)8-17(22)18(16)26-4-1-20(2-5-26)11-29-12-20/h3,6-8,14-15H,1-2,4-5,9-12H2,(H,24,28)/t14?,15-/m1/s1. The lowest BCUT2D eigenvalue weighted by Gasteiger charge is -2.47. The first-order chi connectivity index (χ1) is 14.0. The molecular formula is C20H23F2N5O2. The van der Waals surface area contributed by atoms with Gasteiger partial charge in [-0.2, -0.15) is 0 Å². The van der Waals surface area contributed by atoms with Crippen LogP contribution in [0.2, 0.25) is 0 Å². The Labute approximate surface area is 167 Å². The largest absolute Gasteiger partial charge is 0.380 e. The van der Waals surface area contributed by atoms with E-state index in [1.54, 1.807) is 22.0 Å². The van der Waals surface area contributed by atoms with E-state index in [1.165, 1.54) is 12.1 Å². The molecule has 154 valence electrons. The van der Waals surface area contributed by atoms with Gasteiger partial charge in [0.2, 0.25) is 5.91 Å². The van der Waals surface area contributed by atoms with Gasteiger partial charge in [-0.3, -0.25) is 9.48 Å². The zero-order valence-corrected chi connectivity index (χ0v) is 16.0. The van der Waals surface area contributed by atoms with Gasteiger partial charge in [0, 0.05) is 30.7 Å². The van der Waals surface area contributed by atoms with Crippen molar-refractivity contribution in [1.82, 2.24) is 20.3 Å². The average Bonchev–Trinajstić information content (AvgIpc) is 3.30. The van der Waals surface area contributed by atoms with Crippen molar-refractivity contribution in [3.8, 4) is 0 Å². The maximum atomic E-state index is 14.9. The quantitative estimate of drug-likeness (QED) is 0.844. The topological polar surface area (TPSA) is 72.3 Å². The van der Waals surface area contributed by atoms with E-state index in [0.29, 0.717) is 31.6 Å². The monoisotopic (exact) mass is 403 g/mol. The molecule has 1 unspecified atom stereocenters. The van der Waals surface area contributed by atoms with E-state index in [2.05, 4.69) is 15.6 Å². The molecule has 0 aliphatic carbocycles. The molecule has 3 saturated heterocycles. The molecule has 1 N–H and O–H groups in total. The Morgan fingerprint density at radius 1 is 1.21 bits per heavy atom. The second-order valence-electron chi connectivity index (χ2n) is 8.43. The second-order valence-corrected chi connectivity index (χ2v) is 8.43. The highest BCUT2D eigenvalue weighted by atomic mass is 19.1. The molecule has 1 aromatic heterocycles. The predicted molar refractivity (Wildman–Crippen MR) is 100 cm³/mol. The van der Waals surface area contributed by atoms with Gasteiger partial charge in [-0.25, -0.2) is 8.78 Å². The molecule has 0 bridgehead atoms. The van der Waals surface area contributed by atoms with Gasteiger partial charge in [0.1, 0.15) is 17.3 Å². The molecule has 3 fully saturated rings. The molecule has 1 spiro atoms. The lowest BCUT2D eigenvalue weighted by atomic mass is 9.76. The molecule has 9 heteroatoms. The highest BCUT2D eigenvalue weighted by Gasteiger charge is 2.42. The third-order valence-corrected chi connectivity index (χ3v) is 6.46. The zero-order chi connectivity index (χ0) is 20.0. The van der Waals surface area contributed by atoms with Crippen LogP contribution < -0.4 is 10.2 Å². The molecule has 0 saturated carbocycles. The number of hydrogen-bond donors (Lipinski definition) is 1. The SMILES string of the molecule is O=C1NC(Cn2ccnn2)C[C@@H]1c1cc(F)c(N2CCC3(CC2)COC3)c(F)c1. The van der Waals surface area contributed by atoms with Gasteiger partial charge in [0.25, 0.3) is 0 Å². The van der Waals surface area contributed by atoms with Crippen molar-refractivity contribution in [3.63, 3.8) is 0 Å². The Balaban J connectivity index is 1.31. The summed E-state index contributed by atoms with van der Waals surface area (Å²) >= 11 is 0. The van der Waals surface area contributed by atoms with Crippen LogP contribution in [0.25, 0.3) is 0 Å². The van der Waals surface area contributed by atoms with Gasteiger partial charge in [0.05, 0.1) is 31.9 Å². The van der Waals surface area contributed by atoms with Crippen LogP contribution in [-0.4, -0.2) is 53.2 Å². The Morgan fingerprint density at radius 2 is 1.93 bits per heavy atom. The number of aromatic nitrogens is 3. The lowest BCUT2D eigenvalue weighted by molar-refractivity contribution is -0.124. The highest BCUT2D eigenvalue weighted by Crippen LogP contribution is 2.41. The molecule has 1 amide bonds. The smallest absolute Gasteiger partial charge is 0.227 e. The summed E-state index contributed by atoms with van der Waals surface area (Å²) in [6, 6.07) is 2.48. The van der Waals surface area contributed by atoms with Crippen LogP contribution in [0.15, 0.2) is 24.5 Å². The molecule has 3 aliphatic heterocycles. The van der Waals surface area contributed by atoms with E-state index in [4.69, 9.17) is 4.74 Å². The molecule has 0 radical (unpaired) electrons. The van der Waals surface area contributed by atoms with E-state index in [-0.39, 0.29) is 23.1 Å². The van der Waals surface area contributed by atoms with Crippen LogP contribution in [-0.2, 0) is 16.1 Å². The summed E-state index contributed by atoms with van der Waals surface area (Å²) in [6.45, 7) is 3.19. The lowest BCUT2D eigenvalue weighted by Crippen LogP contribution is -2.51. The average molecular weight is 403 g/mol. The van der Waals surface area contributed by atoms with E-state index < -0.39 is 17.6 Å². The number of anilines is 1. The van der Waals surface area contributed by atoms with Crippen molar-refractivity contribution in [2.45, 2.75) is 37.8 Å². The number of hydrogen-bond acceptors (Lipinski definition) is 5. The van der Waals surface area contributed by atoms with Crippen molar-refractivity contribution in [2.75, 3.05) is 31.2 Å². The van der Waals surface area contributed by atoms with Crippen LogP contribution in [0.4, 0.5) is 14.5 Å². The Morgan fingerprint density at radius 3 is 2.52 bits per heavy atom. The van der Waals surface area contributed by atoms with Gasteiger partial charge >= 0.3 is 0 Å². The van der Waals surface area contributed by atoms with Crippen molar-refractivity contribution < 1.29 is 18.3 Å². The van der Waals surface area contributed by atoms with E-state index in [0.717, 1.165) is 26.1 Å². The maximum absolute atomic E-state index is 14.9. The first-order valence-electron chi connectivity index (χ1n) is 9.99. The fourth-order valence-corrected chi connectivity index (χ4v) is 4.69. The minimum absolute atomic E-state index is 0.0152. The van der Waals surface area contributed by atoms with Crippen LogP contribution in [0.3, 0.4) is 0 Å². The van der Waals surface area contributed by atoms with Crippen molar-refractivity contribution >= 4 is 11.6 Å². The first-order valence-corrected chi connectivity index (χ1v) is 9.99. The minimum Gasteiger partial charge on any atom is -0.380 e. The minimum atomic E-state index is -0.603. The highest BCUT2D eigenvalue weighted by molar-refractivity contribution is 5.86. The molecule has 3 aliphatic rings. The van der Waals surface area contributed by atoms with Gasteiger partial charge in [-0.15, -0.1) is 5.10 Å². The summed E-state index contributed by atoms with van der Waals surface area (Å²) in [5.41, 5.74) is 0.592. The Hall–Kier alpha value is -2.55. The molecule has 29 heavy (non-hydrogen) atoms. The number of carbonyl (C=O) groups is 1. The van der Waals surface area contributed by atoms with Crippen molar-refractivity contribution in [2.24, 2.45) is 5.41 Å². The molecule has 7 nitrogen and oxygen atoms in total. The Kier molecular flexibility index (Phi) is 4.49. The summed E-state index contributed by atoms with van der Waals surface area (Å²) in [5, 5.41) is 10.5. The summed E-state index contributed by atoms with van der Waals surface area (Å²) in [4.78, 5) is 14.2. The molecule has 4 heterocycles. The van der Waals surface area contributed by atoms with Crippen LogP contribution in [0.1, 0.15) is 30.7 Å². The van der Waals surface area contributed by atoms with Crippen molar-refractivity contribution in [1.29, 1.82) is 0 Å². The number of nitrogens with zero attached hydrogens (tertiary/aromatic N) is 4. The van der Waals surface area contributed by atoms with E-state index in [9.17, 15) is 13.6 Å². The number of piperidine rings is 1. The van der Waals surface area contributed by atoms with Gasteiger partial charge < -0.3 is 15.0 Å². The van der Waals surface area contributed by atoms with Gasteiger partial charge in [-0.1, -0.05) is 5.21 Å². The normalized spacial score (nSPS) is 25.9. The third-order valence-electron chi connectivity index (χ3n) is 6.46.